The first-order chi connectivity index (χ1) is 12.2. The van der Waals surface area contributed by atoms with Gasteiger partial charge in [-0.15, -0.1) is 0 Å². The molecule has 1 aliphatic heterocycles. The normalized spacial score (nSPS) is 16.4. The molecule has 1 amide bonds. The van der Waals surface area contributed by atoms with Crippen LogP contribution in [0.2, 0.25) is 0 Å². The van der Waals surface area contributed by atoms with E-state index in [1.54, 1.807) is 12.1 Å². The van der Waals surface area contributed by atoms with Crippen LogP contribution in [0.25, 0.3) is 5.76 Å². The maximum Gasteiger partial charge on any atom is 0.272 e. The first kappa shape index (κ1) is 20.3. The quantitative estimate of drug-likeness (QED) is 0.625. The Morgan fingerprint density at radius 3 is 2.50 bits per heavy atom. The fraction of sp³-hybridized carbons (Fsp3) is 0.500. The van der Waals surface area contributed by atoms with Crippen LogP contribution in [0.5, 0.6) is 0 Å². The van der Waals surface area contributed by atoms with Crippen molar-refractivity contribution in [1.29, 1.82) is 0 Å². The van der Waals surface area contributed by atoms with Crippen molar-refractivity contribution < 1.29 is 18.3 Å². The molecule has 1 aromatic carbocycles. The van der Waals surface area contributed by atoms with Crippen LogP contribution < -0.4 is 11.1 Å². The van der Waals surface area contributed by atoms with Gasteiger partial charge in [-0.2, -0.15) is 0 Å². The first-order valence-corrected chi connectivity index (χ1v) is 10.2. The Labute approximate surface area is 154 Å². The number of nitrogens with two attached hydrogens (primary N) is 1. The smallest absolute Gasteiger partial charge is 0.272 e. The number of sulfonamides is 1. The molecule has 0 atom stereocenters. The molecule has 0 fully saturated rings. The Balaban J connectivity index is 2.16. The lowest BCUT2D eigenvalue weighted by atomic mass is 9.89. The Kier molecular flexibility index (Phi) is 5.98. The Hall–Kier alpha value is -2.06. The average Bonchev–Trinajstić information content (AvgIpc) is 2.64. The number of benzene rings is 1. The summed E-state index contributed by atoms with van der Waals surface area (Å²) in [7, 11) is -2.62. The molecule has 144 valence electrons. The maximum absolute atomic E-state index is 12.6. The molecule has 0 unspecified atom stereocenters. The van der Waals surface area contributed by atoms with Gasteiger partial charge in [0, 0.05) is 24.7 Å². The van der Waals surface area contributed by atoms with Gasteiger partial charge in [0.1, 0.15) is 0 Å². The number of nitrogens with one attached hydrogen (secondary N) is 1. The molecule has 0 bridgehead atoms. The number of aliphatic hydroxyl groups excluding tert-OH is 1. The van der Waals surface area contributed by atoms with Crippen LogP contribution in [0.4, 0.5) is 0 Å². The maximum atomic E-state index is 12.6. The van der Waals surface area contributed by atoms with Gasteiger partial charge in [0.15, 0.2) is 11.5 Å². The van der Waals surface area contributed by atoms with Crippen LogP contribution in [-0.2, 0) is 14.8 Å². The van der Waals surface area contributed by atoms with Crippen molar-refractivity contribution in [2.24, 2.45) is 5.73 Å². The molecule has 1 aromatic rings. The lowest BCUT2D eigenvalue weighted by Crippen LogP contribution is -2.41. The molecule has 8 heteroatoms. The standard InChI is InChI=1S/C18H27N3O4S/c1-4-18(19,5-2)11-8-12-20-17(23)15-16(22)13-9-6-7-10-14(13)26(24,25)21(15)3/h6-7,9-10,22H,4-5,8,11-12,19H2,1-3H3,(H,20,23). The van der Waals surface area contributed by atoms with Crippen molar-refractivity contribution in [2.75, 3.05) is 13.6 Å². The van der Waals surface area contributed by atoms with E-state index < -0.39 is 15.9 Å². The predicted octanol–water partition coefficient (Wildman–Crippen LogP) is 1.96. The van der Waals surface area contributed by atoms with E-state index in [0.717, 1.165) is 23.6 Å². The second-order valence-electron chi connectivity index (χ2n) is 6.59. The summed E-state index contributed by atoms with van der Waals surface area (Å²) in [5.74, 6) is -0.968. The summed E-state index contributed by atoms with van der Waals surface area (Å²) in [4.78, 5) is 12.5. The van der Waals surface area contributed by atoms with Gasteiger partial charge in [0.25, 0.3) is 15.9 Å². The molecular weight excluding hydrogens is 354 g/mol. The minimum absolute atomic E-state index is 0.0182. The van der Waals surface area contributed by atoms with E-state index in [1.807, 2.05) is 13.8 Å². The summed E-state index contributed by atoms with van der Waals surface area (Å²) in [5, 5.41) is 13.1. The molecule has 0 saturated carbocycles. The number of hydrogen-bond donors (Lipinski definition) is 3. The average molecular weight is 381 g/mol. The molecule has 0 radical (unpaired) electrons. The molecule has 7 nitrogen and oxygen atoms in total. The zero-order valence-corrected chi connectivity index (χ0v) is 16.3. The monoisotopic (exact) mass is 381 g/mol. The fourth-order valence-electron chi connectivity index (χ4n) is 3.01. The number of carbonyl (C=O) groups excluding carboxylic acids is 1. The molecular formula is C18H27N3O4S. The number of carbonyl (C=O) groups is 1. The highest BCUT2D eigenvalue weighted by atomic mass is 32.2. The third kappa shape index (κ3) is 3.71. The molecule has 2 rings (SSSR count). The number of aliphatic hydroxyl groups is 1. The molecule has 0 aromatic heterocycles. The lowest BCUT2D eigenvalue weighted by Gasteiger charge is -2.29. The van der Waals surface area contributed by atoms with Gasteiger partial charge in [-0.05, 0) is 37.8 Å². The van der Waals surface area contributed by atoms with Gasteiger partial charge < -0.3 is 16.2 Å². The molecule has 1 heterocycles. The molecule has 4 N–H and O–H groups in total. The van der Waals surface area contributed by atoms with Crippen LogP contribution in [-0.4, -0.2) is 42.9 Å². The van der Waals surface area contributed by atoms with Crippen molar-refractivity contribution in [3.8, 4) is 0 Å². The second-order valence-corrected chi connectivity index (χ2v) is 8.53. The summed E-state index contributed by atoms with van der Waals surface area (Å²) in [6, 6.07) is 6.07. The van der Waals surface area contributed by atoms with E-state index in [0.29, 0.717) is 13.0 Å². The first-order valence-electron chi connectivity index (χ1n) is 8.76. The predicted molar refractivity (Wildman–Crippen MR) is 101 cm³/mol. The van der Waals surface area contributed by atoms with Gasteiger partial charge in [-0.3, -0.25) is 9.10 Å². The van der Waals surface area contributed by atoms with Crippen molar-refractivity contribution in [3.63, 3.8) is 0 Å². The number of likely N-dealkylation sites (N-methyl/N-ethyl adjacent to an activating group) is 1. The lowest BCUT2D eigenvalue weighted by molar-refractivity contribution is -0.118. The molecule has 0 spiro atoms. The van der Waals surface area contributed by atoms with Gasteiger partial charge in [0.05, 0.1) is 4.90 Å². The zero-order valence-electron chi connectivity index (χ0n) is 15.4. The number of hydrogen-bond acceptors (Lipinski definition) is 5. The van der Waals surface area contributed by atoms with Crippen LogP contribution >= 0.6 is 0 Å². The van der Waals surface area contributed by atoms with E-state index in [9.17, 15) is 18.3 Å². The highest BCUT2D eigenvalue weighted by Gasteiger charge is 2.37. The minimum atomic E-state index is -3.87. The number of rotatable bonds is 7. The molecule has 0 aliphatic carbocycles. The van der Waals surface area contributed by atoms with Crippen molar-refractivity contribution in [2.45, 2.75) is 50.0 Å². The van der Waals surface area contributed by atoms with E-state index in [-0.39, 0.29) is 27.5 Å². The summed E-state index contributed by atoms with van der Waals surface area (Å²) in [6.07, 6.45) is 3.12. The third-order valence-corrected chi connectivity index (χ3v) is 6.90. The van der Waals surface area contributed by atoms with Gasteiger partial charge >= 0.3 is 0 Å². The summed E-state index contributed by atoms with van der Waals surface area (Å²) in [6.45, 7) is 4.42. The van der Waals surface area contributed by atoms with Crippen LogP contribution in [0, 0.1) is 0 Å². The van der Waals surface area contributed by atoms with Gasteiger partial charge in [0.2, 0.25) is 0 Å². The minimum Gasteiger partial charge on any atom is -0.505 e. The van der Waals surface area contributed by atoms with Gasteiger partial charge in [-0.25, -0.2) is 8.42 Å². The van der Waals surface area contributed by atoms with E-state index >= 15 is 0 Å². The van der Waals surface area contributed by atoms with E-state index in [2.05, 4.69) is 5.32 Å². The number of nitrogens with zero attached hydrogens (tertiary/aromatic N) is 1. The number of amides is 1. The summed E-state index contributed by atoms with van der Waals surface area (Å²) in [5.41, 5.74) is 5.85. The van der Waals surface area contributed by atoms with E-state index in [4.69, 9.17) is 5.73 Å². The molecule has 0 saturated heterocycles. The zero-order chi connectivity index (χ0) is 19.5. The summed E-state index contributed by atoms with van der Waals surface area (Å²) >= 11 is 0. The van der Waals surface area contributed by atoms with E-state index in [1.165, 1.54) is 19.2 Å². The molecule has 1 aliphatic rings. The largest absolute Gasteiger partial charge is 0.505 e. The molecule has 26 heavy (non-hydrogen) atoms. The fourth-order valence-corrected chi connectivity index (χ4v) is 4.41. The number of fused-ring (bicyclic) bond motifs is 1. The third-order valence-electron chi connectivity index (χ3n) is 5.08. The van der Waals surface area contributed by atoms with Gasteiger partial charge in [-0.1, -0.05) is 26.0 Å². The van der Waals surface area contributed by atoms with Crippen molar-refractivity contribution in [1.82, 2.24) is 9.62 Å². The van der Waals surface area contributed by atoms with Crippen molar-refractivity contribution in [3.05, 3.63) is 35.5 Å². The second kappa shape index (κ2) is 7.67. The Morgan fingerprint density at radius 1 is 1.27 bits per heavy atom. The van der Waals surface area contributed by atoms with Crippen LogP contribution in [0.3, 0.4) is 0 Å². The Morgan fingerprint density at radius 2 is 1.88 bits per heavy atom. The van der Waals surface area contributed by atoms with Crippen LogP contribution in [0.15, 0.2) is 34.9 Å². The topological polar surface area (TPSA) is 113 Å². The highest BCUT2D eigenvalue weighted by Crippen LogP contribution is 2.34. The highest BCUT2D eigenvalue weighted by molar-refractivity contribution is 7.89. The Bertz CT molecular complexity index is 813. The van der Waals surface area contributed by atoms with Crippen molar-refractivity contribution >= 4 is 21.7 Å². The SMILES string of the molecule is CCC(N)(CC)CCCNC(=O)C1=C(O)c2ccccc2S(=O)(=O)N1C. The summed E-state index contributed by atoms with van der Waals surface area (Å²) < 4.78 is 26.0. The van der Waals surface area contributed by atoms with Crippen LogP contribution in [0.1, 0.15) is 45.1 Å².